The van der Waals surface area contributed by atoms with E-state index in [1.807, 2.05) is 0 Å². The number of fused-ring (bicyclic) bond motifs is 2. The lowest BCUT2D eigenvalue weighted by molar-refractivity contribution is -0.661. The van der Waals surface area contributed by atoms with Gasteiger partial charge in [-0.1, -0.05) is 24.3 Å². The van der Waals surface area contributed by atoms with Crippen LogP contribution in [0.5, 0.6) is 11.8 Å². The topological polar surface area (TPSA) is 35.5 Å². The van der Waals surface area contributed by atoms with E-state index in [1.54, 1.807) is 0 Å². The molecule has 0 aliphatic carbocycles. The normalized spacial score (nSPS) is 13.2. The molecule has 0 spiro atoms. The third-order valence-electron chi connectivity index (χ3n) is 6.25. The van der Waals surface area contributed by atoms with Gasteiger partial charge in [0.1, 0.15) is 0 Å². The van der Waals surface area contributed by atoms with Gasteiger partial charge in [0.05, 0.1) is 0 Å². The highest BCUT2D eigenvalue weighted by atomic mass is 28.4. The molecule has 4 aromatic rings. The van der Waals surface area contributed by atoms with Crippen LogP contribution in [0.4, 0.5) is 0 Å². The molecule has 5 nitrogen and oxygen atoms in total. The first-order valence-corrected chi connectivity index (χ1v) is 27.0. The standard InChI is InChI=1S/C30H46N2O3Si4/c1-36(2,3)33-29-21-19-25-15-11-13-17-27(25)31(29)23-38(7,8)35-39(9,10)24-32-28-18-14-12-16-26(28)20-22-30(32)34-37(4,5)6/h11-22H,23-24H2,1-10H3/q+2. The van der Waals surface area contributed by atoms with E-state index in [1.165, 1.54) is 21.8 Å². The van der Waals surface area contributed by atoms with E-state index in [2.05, 4.69) is 147 Å². The van der Waals surface area contributed by atoms with Gasteiger partial charge in [-0.25, -0.2) is 0 Å². The summed E-state index contributed by atoms with van der Waals surface area (Å²) in [5.41, 5.74) is 2.40. The van der Waals surface area contributed by atoms with Crippen LogP contribution in [-0.4, -0.2) is 33.3 Å². The van der Waals surface area contributed by atoms with E-state index >= 15 is 0 Å². The largest absolute Gasteiger partial charge is 0.500 e. The molecule has 0 amide bonds. The molecular formula is C30H46N2O3Si4+2. The van der Waals surface area contributed by atoms with Crippen LogP contribution in [0.15, 0.2) is 72.8 Å². The summed E-state index contributed by atoms with van der Waals surface area (Å²) in [5, 5.41) is 2.45. The van der Waals surface area contributed by atoms with E-state index < -0.39 is 33.3 Å². The molecule has 0 aliphatic heterocycles. The van der Waals surface area contributed by atoms with Crippen LogP contribution in [0.3, 0.4) is 0 Å². The highest BCUT2D eigenvalue weighted by Crippen LogP contribution is 2.23. The fraction of sp³-hybridized carbons (Fsp3) is 0.400. The maximum atomic E-state index is 7.25. The summed E-state index contributed by atoms with van der Waals surface area (Å²) in [6.07, 6.45) is 1.67. The molecule has 0 fully saturated rings. The van der Waals surface area contributed by atoms with Gasteiger partial charge in [0.25, 0.3) is 0 Å². The number of hydrogen-bond acceptors (Lipinski definition) is 3. The van der Waals surface area contributed by atoms with Crippen LogP contribution < -0.4 is 18.0 Å². The van der Waals surface area contributed by atoms with Crippen molar-refractivity contribution < 1.29 is 22.1 Å². The molecule has 0 bridgehead atoms. The lowest BCUT2D eigenvalue weighted by atomic mass is 10.2. The first-order chi connectivity index (χ1) is 18.0. The highest BCUT2D eigenvalue weighted by molar-refractivity contribution is 6.83. The summed E-state index contributed by atoms with van der Waals surface area (Å²) in [4.78, 5) is 0. The predicted molar refractivity (Wildman–Crippen MR) is 172 cm³/mol. The Labute approximate surface area is 238 Å². The SMILES string of the molecule is C[Si](C)(C)Oc1ccc2ccccc2[n+]1C[Si](C)(C)O[Si](C)(C)C[n+]1c(O[Si](C)(C)C)ccc2ccccc21. The molecule has 4 rings (SSSR count). The van der Waals surface area contributed by atoms with Crippen LogP contribution in [0.1, 0.15) is 0 Å². The number of para-hydroxylation sites is 2. The quantitative estimate of drug-likeness (QED) is 0.144. The lowest BCUT2D eigenvalue weighted by Gasteiger charge is -2.31. The van der Waals surface area contributed by atoms with Crippen molar-refractivity contribution in [3.05, 3.63) is 72.8 Å². The predicted octanol–water partition coefficient (Wildman–Crippen LogP) is 7.20. The van der Waals surface area contributed by atoms with Crippen LogP contribution in [0.2, 0.25) is 65.5 Å². The third kappa shape index (κ3) is 7.88. The van der Waals surface area contributed by atoms with Crippen LogP contribution >= 0.6 is 0 Å². The van der Waals surface area contributed by atoms with Gasteiger partial charge >= 0.3 is 11.8 Å². The molecule has 0 saturated carbocycles. The molecule has 0 N–H and O–H groups in total. The number of aromatic nitrogens is 2. The van der Waals surface area contributed by atoms with Crippen molar-refractivity contribution in [2.24, 2.45) is 0 Å². The highest BCUT2D eigenvalue weighted by Gasteiger charge is 2.42. The van der Waals surface area contributed by atoms with Crippen molar-refractivity contribution in [3.63, 3.8) is 0 Å². The number of pyridine rings is 2. The molecule has 0 saturated heterocycles. The van der Waals surface area contributed by atoms with Gasteiger partial charge in [-0.3, -0.25) is 0 Å². The van der Waals surface area contributed by atoms with Crippen LogP contribution in [0.25, 0.3) is 21.8 Å². The monoisotopic (exact) mass is 594 g/mol. The Kier molecular flexibility index (Phi) is 8.31. The number of nitrogens with zero attached hydrogens (tertiary/aromatic N) is 2. The van der Waals surface area contributed by atoms with E-state index in [-0.39, 0.29) is 0 Å². The fourth-order valence-corrected chi connectivity index (χ4v) is 15.5. The third-order valence-corrected chi connectivity index (χ3v) is 14.5. The first kappa shape index (κ1) is 29.7. The molecule has 2 aromatic carbocycles. The summed E-state index contributed by atoms with van der Waals surface area (Å²) in [7, 11) is -7.94. The van der Waals surface area contributed by atoms with Gasteiger partial charge in [0, 0.05) is 35.0 Å². The lowest BCUT2D eigenvalue weighted by Crippen LogP contribution is -2.60. The maximum absolute atomic E-state index is 7.25. The Hall–Kier alpha value is -2.31. The summed E-state index contributed by atoms with van der Waals surface area (Å²) >= 11 is 0. The zero-order valence-corrected chi connectivity index (χ0v) is 29.5. The molecular weight excluding hydrogens is 549 g/mol. The molecule has 208 valence electrons. The second-order valence-corrected chi connectivity index (χ2v) is 31.0. The van der Waals surface area contributed by atoms with Crippen molar-refractivity contribution in [2.75, 3.05) is 0 Å². The minimum absolute atomic E-state index is 0.836. The maximum Gasteiger partial charge on any atom is 0.354 e. The summed E-state index contributed by atoms with van der Waals surface area (Å²) in [5.74, 6) is 1.90. The van der Waals surface area contributed by atoms with E-state index in [9.17, 15) is 0 Å². The van der Waals surface area contributed by atoms with Crippen LogP contribution in [0, 0.1) is 0 Å². The van der Waals surface area contributed by atoms with Gasteiger partial charge in [-0.05, 0) is 89.7 Å². The number of benzene rings is 2. The van der Waals surface area contributed by atoms with Gasteiger partial charge < -0.3 is 13.0 Å². The van der Waals surface area contributed by atoms with Crippen molar-refractivity contribution in [1.82, 2.24) is 0 Å². The van der Waals surface area contributed by atoms with Crippen molar-refractivity contribution in [1.29, 1.82) is 0 Å². The molecule has 2 aromatic heterocycles. The molecule has 0 aliphatic rings. The smallest absolute Gasteiger partial charge is 0.354 e. The van der Waals surface area contributed by atoms with E-state index in [4.69, 9.17) is 13.0 Å². The summed E-state index contributed by atoms with van der Waals surface area (Å²) in [6, 6.07) is 25.8. The van der Waals surface area contributed by atoms with Gasteiger partial charge in [0.2, 0.25) is 44.3 Å². The van der Waals surface area contributed by atoms with Gasteiger partial charge in [0.15, 0.2) is 12.3 Å². The van der Waals surface area contributed by atoms with Gasteiger partial charge in [-0.15, -0.1) is 0 Å². The van der Waals surface area contributed by atoms with Gasteiger partial charge in [-0.2, -0.15) is 9.13 Å². The minimum Gasteiger partial charge on any atom is -0.500 e. The summed E-state index contributed by atoms with van der Waals surface area (Å²) in [6.45, 7) is 22.8. The Balaban J connectivity index is 1.68. The first-order valence-electron chi connectivity index (χ1n) is 13.9. The Morgan fingerprint density at radius 2 is 0.846 bits per heavy atom. The number of hydrogen-bond donors (Lipinski definition) is 0. The molecule has 0 atom stereocenters. The second kappa shape index (κ2) is 10.9. The Morgan fingerprint density at radius 1 is 0.487 bits per heavy atom. The minimum atomic E-state index is -2.17. The average molecular weight is 595 g/mol. The van der Waals surface area contributed by atoms with Crippen LogP contribution in [-0.2, 0) is 16.5 Å². The molecule has 39 heavy (non-hydrogen) atoms. The second-order valence-electron chi connectivity index (χ2n) is 13.7. The van der Waals surface area contributed by atoms with Crippen molar-refractivity contribution >= 4 is 55.1 Å². The Bertz CT molecular complexity index is 1370. The van der Waals surface area contributed by atoms with Crippen molar-refractivity contribution in [3.8, 4) is 11.8 Å². The average Bonchev–Trinajstić information content (AvgIpc) is 2.79. The molecule has 0 unspecified atom stereocenters. The van der Waals surface area contributed by atoms with E-state index in [0.29, 0.717) is 0 Å². The molecule has 2 heterocycles. The summed E-state index contributed by atoms with van der Waals surface area (Å²) < 4.78 is 25.2. The zero-order valence-electron chi connectivity index (χ0n) is 25.5. The number of rotatable bonds is 10. The van der Waals surface area contributed by atoms with E-state index in [0.717, 1.165) is 24.1 Å². The molecule has 9 heteroatoms. The molecule has 0 radical (unpaired) electrons. The Morgan fingerprint density at radius 3 is 1.21 bits per heavy atom. The van der Waals surface area contributed by atoms with Crippen molar-refractivity contribution in [2.45, 2.75) is 77.8 Å². The fourth-order valence-electron chi connectivity index (χ4n) is 5.19. The zero-order chi connectivity index (χ0) is 28.6.